The molecule has 1 aliphatic rings. The predicted molar refractivity (Wildman–Crippen MR) is 105 cm³/mol. The Balaban J connectivity index is 1.75. The summed E-state index contributed by atoms with van der Waals surface area (Å²) in [6, 6.07) is 7.74. The number of pyridine rings is 1. The second kappa shape index (κ2) is 6.37. The van der Waals surface area contributed by atoms with E-state index < -0.39 is 0 Å². The minimum absolute atomic E-state index is 0.0988. The molecular formula is C21H24N4O2. The Morgan fingerprint density at radius 1 is 1.30 bits per heavy atom. The third kappa shape index (κ3) is 3.52. The molecule has 2 heterocycles. The summed E-state index contributed by atoms with van der Waals surface area (Å²) in [5.74, 6) is 0.345. The van der Waals surface area contributed by atoms with E-state index in [1.807, 2.05) is 0 Å². The number of benzene rings is 1. The number of hydrogen-bond donors (Lipinski definition) is 2. The average Bonchev–Trinajstić information content (AvgIpc) is 3.34. The van der Waals surface area contributed by atoms with Crippen molar-refractivity contribution in [2.24, 2.45) is 0 Å². The van der Waals surface area contributed by atoms with E-state index in [0.717, 1.165) is 16.5 Å². The third-order valence-corrected chi connectivity index (χ3v) is 4.98. The highest BCUT2D eigenvalue weighted by Crippen LogP contribution is 2.43. The van der Waals surface area contributed by atoms with Crippen molar-refractivity contribution in [3.8, 4) is 0 Å². The van der Waals surface area contributed by atoms with Gasteiger partial charge in [0.1, 0.15) is 17.7 Å². The predicted octanol–water partition coefficient (Wildman–Crippen LogP) is 3.91. The summed E-state index contributed by atoms with van der Waals surface area (Å²) in [6.07, 6.45) is 3.93. The molecule has 1 amide bonds. The van der Waals surface area contributed by atoms with Crippen LogP contribution in [0, 0.1) is 0 Å². The molecule has 27 heavy (non-hydrogen) atoms. The zero-order chi connectivity index (χ0) is 19.2. The van der Waals surface area contributed by atoms with Crippen molar-refractivity contribution in [2.45, 2.75) is 51.5 Å². The largest absolute Gasteiger partial charge is 0.398 e. The monoisotopic (exact) mass is 364 g/mol. The minimum atomic E-state index is -0.280. The Bertz CT molecular complexity index is 999. The van der Waals surface area contributed by atoms with Gasteiger partial charge < -0.3 is 15.6 Å². The lowest BCUT2D eigenvalue weighted by Gasteiger charge is -2.23. The molecular weight excluding hydrogens is 340 g/mol. The lowest BCUT2D eigenvalue weighted by atomic mass is 9.83. The molecule has 2 aromatic heterocycles. The summed E-state index contributed by atoms with van der Waals surface area (Å²) in [7, 11) is 0. The van der Waals surface area contributed by atoms with Crippen molar-refractivity contribution >= 4 is 22.5 Å². The van der Waals surface area contributed by atoms with E-state index >= 15 is 0 Å². The number of nitrogens with two attached hydrogens (primary N) is 1. The van der Waals surface area contributed by atoms with Crippen molar-refractivity contribution in [1.82, 2.24) is 15.5 Å². The maximum absolute atomic E-state index is 12.6. The van der Waals surface area contributed by atoms with E-state index in [9.17, 15) is 4.79 Å². The maximum atomic E-state index is 12.6. The first-order valence-corrected chi connectivity index (χ1v) is 9.25. The highest BCUT2D eigenvalue weighted by Gasteiger charge is 2.28. The molecule has 6 nitrogen and oxygen atoms in total. The fraction of sp³-hybridized carbons (Fsp3) is 0.381. The first-order valence-electron chi connectivity index (χ1n) is 9.25. The molecule has 4 rings (SSSR count). The molecule has 1 aliphatic carbocycles. The van der Waals surface area contributed by atoms with Gasteiger partial charge >= 0.3 is 0 Å². The van der Waals surface area contributed by atoms with Crippen LogP contribution in [0.5, 0.6) is 0 Å². The Morgan fingerprint density at radius 2 is 2.07 bits per heavy atom. The van der Waals surface area contributed by atoms with E-state index in [1.54, 1.807) is 12.1 Å². The standard InChI is InChI=1S/C21H24N4O2/c1-21(2,3)16-9-13(12-4-5-12)8-15-17(22)10-18(24-19(15)16)20(26)23-11-14-6-7-27-25-14/h6-10,12H,4-5,11H2,1-3H3,(H2,22,24)(H,23,26). The van der Waals surface area contributed by atoms with Crippen LogP contribution in [0.3, 0.4) is 0 Å². The van der Waals surface area contributed by atoms with E-state index in [2.05, 4.69) is 48.4 Å². The molecule has 0 atom stereocenters. The van der Waals surface area contributed by atoms with E-state index in [4.69, 9.17) is 10.3 Å². The second-order valence-corrected chi connectivity index (χ2v) is 8.26. The van der Waals surface area contributed by atoms with Gasteiger partial charge in [0.15, 0.2) is 0 Å². The topological polar surface area (TPSA) is 94.0 Å². The summed E-state index contributed by atoms with van der Waals surface area (Å²) in [5.41, 5.74) is 11.0. The lowest BCUT2D eigenvalue weighted by Crippen LogP contribution is -2.24. The summed E-state index contributed by atoms with van der Waals surface area (Å²) in [4.78, 5) is 17.3. The molecule has 3 aromatic rings. The number of hydrogen-bond acceptors (Lipinski definition) is 5. The first-order chi connectivity index (χ1) is 12.8. The van der Waals surface area contributed by atoms with Gasteiger partial charge in [-0.05, 0) is 47.4 Å². The SMILES string of the molecule is CC(C)(C)c1cc(C2CC2)cc2c(N)cc(C(=O)NCc3ccon3)nc12. The summed E-state index contributed by atoms with van der Waals surface area (Å²) in [5, 5.41) is 7.53. The van der Waals surface area contributed by atoms with Crippen LogP contribution in [0.25, 0.3) is 10.9 Å². The van der Waals surface area contributed by atoms with Gasteiger partial charge in [-0.25, -0.2) is 4.98 Å². The number of carbonyl (C=O) groups is 1. The van der Waals surface area contributed by atoms with Crippen LogP contribution >= 0.6 is 0 Å². The zero-order valence-electron chi connectivity index (χ0n) is 15.9. The molecule has 0 spiro atoms. The molecule has 1 saturated carbocycles. The Kier molecular flexibility index (Phi) is 4.13. The Hall–Kier alpha value is -2.89. The number of amides is 1. The molecule has 140 valence electrons. The van der Waals surface area contributed by atoms with Gasteiger partial charge in [-0.15, -0.1) is 0 Å². The molecule has 0 saturated heterocycles. The minimum Gasteiger partial charge on any atom is -0.398 e. The summed E-state index contributed by atoms with van der Waals surface area (Å²) < 4.78 is 4.78. The summed E-state index contributed by atoms with van der Waals surface area (Å²) >= 11 is 0. The second-order valence-electron chi connectivity index (χ2n) is 8.26. The van der Waals surface area contributed by atoms with Crippen LogP contribution in [0.1, 0.15) is 66.8 Å². The first kappa shape index (κ1) is 17.5. The smallest absolute Gasteiger partial charge is 0.270 e. The van der Waals surface area contributed by atoms with Crippen molar-refractivity contribution in [3.63, 3.8) is 0 Å². The van der Waals surface area contributed by atoms with Gasteiger partial charge in [0.25, 0.3) is 5.91 Å². The van der Waals surface area contributed by atoms with Gasteiger partial charge in [0.2, 0.25) is 0 Å². The highest BCUT2D eigenvalue weighted by molar-refractivity contribution is 6.00. The fourth-order valence-electron chi connectivity index (χ4n) is 3.31. The van der Waals surface area contributed by atoms with Crippen LogP contribution in [0.4, 0.5) is 5.69 Å². The van der Waals surface area contributed by atoms with Crippen molar-refractivity contribution in [1.29, 1.82) is 0 Å². The Labute approximate surface area is 158 Å². The number of nitrogen functional groups attached to an aromatic ring is 1. The van der Waals surface area contributed by atoms with E-state index in [0.29, 0.717) is 23.0 Å². The molecule has 6 heteroatoms. The number of carbonyl (C=O) groups excluding carboxylic acids is 1. The molecule has 1 fully saturated rings. The van der Waals surface area contributed by atoms with Crippen molar-refractivity contribution in [2.75, 3.05) is 5.73 Å². The number of fused-ring (bicyclic) bond motifs is 1. The molecule has 1 aromatic carbocycles. The van der Waals surface area contributed by atoms with Gasteiger partial charge in [-0.1, -0.05) is 32.0 Å². The highest BCUT2D eigenvalue weighted by atomic mass is 16.5. The Morgan fingerprint density at radius 3 is 2.70 bits per heavy atom. The fourth-order valence-corrected chi connectivity index (χ4v) is 3.31. The van der Waals surface area contributed by atoms with Crippen molar-refractivity contribution < 1.29 is 9.32 Å². The normalized spacial score (nSPS) is 14.5. The number of nitrogens with one attached hydrogen (secondary N) is 1. The van der Waals surface area contributed by atoms with Gasteiger partial charge in [0.05, 0.1) is 12.1 Å². The number of anilines is 1. The van der Waals surface area contributed by atoms with Gasteiger partial charge in [0, 0.05) is 17.1 Å². The van der Waals surface area contributed by atoms with Gasteiger partial charge in [-0.3, -0.25) is 4.79 Å². The van der Waals surface area contributed by atoms with Crippen LogP contribution in [0.2, 0.25) is 0 Å². The van der Waals surface area contributed by atoms with Crippen molar-refractivity contribution in [3.05, 3.63) is 53.0 Å². The molecule has 0 radical (unpaired) electrons. The number of rotatable bonds is 4. The van der Waals surface area contributed by atoms with Gasteiger partial charge in [-0.2, -0.15) is 0 Å². The van der Waals surface area contributed by atoms with Crippen LogP contribution < -0.4 is 11.1 Å². The van der Waals surface area contributed by atoms with E-state index in [-0.39, 0.29) is 17.9 Å². The van der Waals surface area contributed by atoms with E-state index in [1.165, 1.54) is 24.7 Å². The molecule has 0 unspecified atom stereocenters. The van der Waals surface area contributed by atoms with Crippen LogP contribution in [-0.4, -0.2) is 16.0 Å². The molecule has 3 N–H and O–H groups in total. The third-order valence-electron chi connectivity index (χ3n) is 4.98. The number of aromatic nitrogens is 2. The number of nitrogens with zero attached hydrogens (tertiary/aromatic N) is 2. The average molecular weight is 364 g/mol. The summed E-state index contributed by atoms with van der Waals surface area (Å²) in [6.45, 7) is 6.76. The molecule has 0 aliphatic heterocycles. The zero-order valence-corrected chi connectivity index (χ0v) is 15.9. The maximum Gasteiger partial charge on any atom is 0.270 e. The lowest BCUT2D eigenvalue weighted by molar-refractivity contribution is 0.0945. The molecule has 0 bridgehead atoms. The van der Waals surface area contributed by atoms with Crippen LogP contribution in [-0.2, 0) is 12.0 Å². The quantitative estimate of drug-likeness (QED) is 0.732. The van der Waals surface area contributed by atoms with Crippen LogP contribution in [0.15, 0.2) is 35.1 Å².